The van der Waals surface area contributed by atoms with Gasteiger partial charge in [0.05, 0.1) is 11.6 Å². The average molecular weight is 302 g/mol. The van der Waals surface area contributed by atoms with Gasteiger partial charge < -0.3 is 10.1 Å². The number of hydrogen-bond acceptors (Lipinski definition) is 2. The maximum atomic E-state index is 6.28. The molecular formula is C18H20ClNO. The monoisotopic (exact) mass is 301 g/mol. The van der Waals surface area contributed by atoms with E-state index in [1.54, 1.807) is 0 Å². The van der Waals surface area contributed by atoms with Crippen molar-refractivity contribution in [3.63, 3.8) is 0 Å². The topological polar surface area (TPSA) is 21.3 Å². The lowest BCUT2D eigenvalue weighted by atomic mass is 9.94. The van der Waals surface area contributed by atoms with Crippen LogP contribution >= 0.6 is 11.6 Å². The van der Waals surface area contributed by atoms with Gasteiger partial charge in [-0.3, -0.25) is 0 Å². The van der Waals surface area contributed by atoms with E-state index in [4.69, 9.17) is 16.3 Å². The standard InChI is InChI=1S/C18H20ClNO/c1-12-8-9-15(19)18-17(12)16(10-11-21-18)20-13(2)14-6-4-3-5-7-14/h3-9,13,16,20H,10-11H2,1-2H3/t13-,16-/m0/s1. The molecule has 0 aromatic heterocycles. The van der Waals surface area contributed by atoms with Gasteiger partial charge >= 0.3 is 0 Å². The maximum absolute atomic E-state index is 6.28. The zero-order chi connectivity index (χ0) is 14.8. The molecule has 1 heterocycles. The molecule has 2 nitrogen and oxygen atoms in total. The number of fused-ring (bicyclic) bond motifs is 1. The van der Waals surface area contributed by atoms with Crippen LogP contribution in [0.1, 0.15) is 42.1 Å². The second-order valence-corrected chi connectivity index (χ2v) is 6.00. The van der Waals surface area contributed by atoms with Crippen LogP contribution in [0.15, 0.2) is 42.5 Å². The smallest absolute Gasteiger partial charge is 0.142 e. The van der Waals surface area contributed by atoms with Crippen LogP contribution in [-0.2, 0) is 0 Å². The predicted molar refractivity (Wildman–Crippen MR) is 87.0 cm³/mol. The van der Waals surface area contributed by atoms with E-state index in [1.165, 1.54) is 16.7 Å². The van der Waals surface area contributed by atoms with E-state index in [2.05, 4.69) is 49.5 Å². The third-order valence-corrected chi connectivity index (χ3v) is 4.42. The number of halogens is 1. The molecule has 0 amide bonds. The van der Waals surface area contributed by atoms with Crippen LogP contribution in [0.4, 0.5) is 0 Å². The number of ether oxygens (including phenoxy) is 1. The molecule has 0 saturated heterocycles. The first-order valence-corrected chi connectivity index (χ1v) is 7.77. The zero-order valence-corrected chi connectivity index (χ0v) is 13.2. The Morgan fingerprint density at radius 3 is 2.71 bits per heavy atom. The van der Waals surface area contributed by atoms with Gasteiger partial charge in [-0.2, -0.15) is 0 Å². The van der Waals surface area contributed by atoms with Crippen molar-refractivity contribution in [2.75, 3.05) is 6.61 Å². The summed E-state index contributed by atoms with van der Waals surface area (Å²) in [5.74, 6) is 0.848. The minimum Gasteiger partial charge on any atom is -0.492 e. The Balaban J connectivity index is 1.87. The third-order valence-electron chi connectivity index (χ3n) is 4.12. The zero-order valence-electron chi connectivity index (χ0n) is 12.4. The molecule has 0 fully saturated rings. The summed E-state index contributed by atoms with van der Waals surface area (Å²) in [6, 6.07) is 15.1. The van der Waals surface area contributed by atoms with Gasteiger partial charge in [-0.25, -0.2) is 0 Å². The first-order chi connectivity index (χ1) is 10.2. The fourth-order valence-corrected chi connectivity index (χ4v) is 3.20. The fraction of sp³-hybridized carbons (Fsp3) is 0.333. The van der Waals surface area contributed by atoms with Gasteiger partial charge in [0.25, 0.3) is 0 Å². The van der Waals surface area contributed by atoms with Crippen molar-refractivity contribution in [1.82, 2.24) is 5.32 Å². The van der Waals surface area contributed by atoms with E-state index >= 15 is 0 Å². The summed E-state index contributed by atoms with van der Waals surface area (Å²) >= 11 is 6.28. The molecule has 0 radical (unpaired) electrons. The van der Waals surface area contributed by atoms with Crippen molar-refractivity contribution < 1.29 is 4.74 Å². The van der Waals surface area contributed by atoms with Crippen molar-refractivity contribution in [3.8, 4) is 5.75 Å². The molecule has 1 N–H and O–H groups in total. The highest BCUT2D eigenvalue weighted by Crippen LogP contribution is 2.40. The highest BCUT2D eigenvalue weighted by Gasteiger charge is 2.26. The summed E-state index contributed by atoms with van der Waals surface area (Å²) in [7, 11) is 0. The molecule has 2 aromatic rings. The Bertz CT molecular complexity index is 627. The summed E-state index contributed by atoms with van der Waals surface area (Å²) in [6.07, 6.45) is 0.964. The number of nitrogens with one attached hydrogen (secondary N) is 1. The molecule has 3 heteroatoms. The molecule has 0 unspecified atom stereocenters. The summed E-state index contributed by atoms with van der Waals surface area (Å²) in [4.78, 5) is 0. The van der Waals surface area contributed by atoms with Gasteiger partial charge in [-0.15, -0.1) is 0 Å². The maximum Gasteiger partial charge on any atom is 0.142 e. The Kier molecular flexibility index (Phi) is 4.18. The molecule has 2 aromatic carbocycles. The molecule has 1 aliphatic rings. The van der Waals surface area contributed by atoms with Crippen LogP contribution in [0.25, 0.3) is 0 Å². The minimum absolute atomic E-state index is 0.280. The lowest BCUT2D eigenvalue weighted by Gasteiger charge is -2.31. The molecule has 21 heavy (non-hydrogen) atoms. The average Bonchev–Trinajstić information content (AvgIpc) is 2.52. The second-order valence-electron chi connectivity index (χ2n) is 5.60. The molecule has 0 spiro atoms. The van der Waals surface area contributed by atoms with E-state index in [0.717, 1.165) is 12.2 Å². The quantitative estimate of drug-likeness (QED) is 0.877. The van der Waals surface area contributed by atoms with Crippen LogP contribution < -0.4 is 10.1 Å². The number of benzene rings is 2. The molecule has 3 rings (SSSR count). The molecule has 2 atom stereocenters. The van der Waals surface area contributed by atoms with E-state index in [1.807, 2.05) is 12.1 Å². The summed E-state index contributed by atoms with van der Waals surface area (Å²) < 4.78 is 5.78. The van der Waals surface area contributed by atoms with Gasteiger partial charge in [0.2, 0.25) is 0 Å². The van der Waals surface area contributed by atoms with Crippen molar-refractivity contribution in [1.29, 1.82) is 0 Å². The first kappa shape index (κ1) is 14.4. The molecule has 0 aliphatic carbocycles. The van der Waals surface area contributed by atoms with Crippen LogP contribution in [0.3, 0.4) is 0 Å². The van der Waals surface area contributed by atoms with Gasteiger partial charge in [0.1, 0.15) is 5.75 Å². The largest absolute Gasteiger partial charge is 0.492 e. The summed E-state index contributed by atoms with van der Waals surface area (Å²) in [5.41, 5.74) is 3.73. The van der Waals surface area contributed by atoms with Crippen molar-refractivity contribution in [2.24, 2.45) is 0 Å². The molecule has 0 saturated carbocycles. The fourth-order valence-electron chi connectivity index (χ4n) is 2.98. The highest BCUT2D eigenvalue weighted by molar-refractivity contribution is 6.32. The van der Waals surface area contributed by atoms with Crippen molar-refractivity contribution in [3.05, 3.63) is 64.2 Å². The molecule has 0 bridgehead atoms. The van der Waals surface area contributed by atoms with Gasteiger partial charge in [0.15, 0.2) is 0 Å². The Morgan fingerprint density at radius 1 is 1.19 bits per heavy atom. The van der Waals surface area contributed by atoms with Crippen molar-refractivity contribution >= 4 is 11.6 Å². The van der Waals surface area contributed by atoms with E-state index in [-0.39, 0.29) is 6.04 Å². The van der Waals surface area contributed by atoms with Gasteiger partial charge in [-0.1, -0.05) is 48.0 Å². The van der Waals surface area contributed by atoms with E-state index in [9.17, 15) is 0 Å². The second kappa shape index (κ2) is 6.08. The number of rotatable bonds is 3. The molecular weight excluding hydrogens is 282 g/mol. The minimum atomic E-state index is 0.280. The van der Waals surface area contributed by atoms with Crippen LogP contribution in [0.2, 0.25) is 5.02 Å². The SMILES string of the molecule is Cc1ccc(Cl)c2c1[C@@H](N[C@@H](C)c1ccccc1)CCO2. The van der Waals surface area contributed by atoms with Gasteiger partial charge in [0, 0.05) is 24.1 Å². The summed E-state index contributed by atoms with van der Waals surface area (Å²) in [6.45, 7) is 5.02. The Hall–Kier alpha value is -1.51. The number of aryl methyl sites for hydroxylation is 1. The third kappa shape index (κ3) is 2.92. The lowest BCUT2D eigenvalue weighted by Crippen LogP contribution is -2.30. The van der Waals surface area contributed by atoms with E-state index in [0.29, 0.717) is 17.7 Å². The summed E-state index contributed by atoms with van der Waals surface area (Å²) in [5, 5.41) is 4.42. The Labute approximate surface area is 131 Å². The van der Waals surface area contributed by atoms with Crippen LogP contribution in [-0.4, -0.2) is 6.61 Å². The van der Waals surface area contributed by atoms with E-state index < -0.39 is 0 Å². The first-order valence-electron chi connectivity index (χ1n) is 7.39. The van der Waals surface area contributed by atoms with Crippen LogP contribution in [0, 0.1) is 6.92 Å². The normalized spacial score (nSPS) is 18.7. The number of hydrogen-bond donors (Lipinski definition) is 1. The lowest BCUT2D eigenvalue weighted by molar-refractivity contribution is 0.245. The molecule has 110 valence electrons. The van der Waals surface area contributed by atoms with Gasteiger partial charge in [-0.05, 0) is 31.0 Å². The predicted octanol–water partition coefficient (Wildman–Crippen LogP) is 4.82. The van der Waals surface area contributed by atoms with Crippen LogP contribution in [0.5, 0.6) is 5.75 Å². The van der Waals surface area contributed by atoms with Crippen molar-refractivity contribution in [2.45, 2.75) is 32.4 Å². The highest BCUT2D eigenvalue weighted by atomic mass is 35.5. The Morgan fingerprint density at radius 2 is 1.95 bits per heavy atom. The molecule has 1 aliphatic heterocycles.